The van der Waals surface area contributed by atoms with Gasteiger partial charge in [-0.05, 0) is 31.6 Å². The van der Waals surface area contributed by atoms with Gasteiger partial charge >= 0.3 is 0 Å². The van der Waals surface area contributed by atoms with Gasteiger partial charge in [0.25, 0.3) is 0 Å². The molecule has 0 aliphatic carbocycles. The number of hydrogen-bond donors (Lipinski definition) is 1. The topological polar surface area (TPSA) is 30.5 Å². The molecule has 19 heavy (non-hydrogen) atoms. The third-order valence-corrected chi connectivity index (χ3v) is 4.98. The van der Waals surface area contributed by atoms with Crippen LogP contribution in [0, 0.1) is 0 Å². The molecule has 0 amide bonds. The summed E-state index contributed by atoms with van der Waals surface area (Å²) in [4.78, 5) is 0. The van der Waals surface area contributed by atoms with E-state index in [9.17, 15) is 0 Å². The van der Waals surface area contributed by atoms with E-state index in [4.69, 9.17) is 9.47 Å². The summed E-state index contributed by atoms with van der Waals surface area (Å²) in [5.41, 5.74) is 1.19. The number of thioether (sulfide) groups is 1. The second kappa shape index (κ2) is 7.06. The van der Waals surface area contributed by atoms with Gasteiger partial charge in [-0.2, -0.15) is 11.8 Å². The third-order valence-electron chi connectivity index (χ3n) is 3.58. The van der Waals surface area contributed by atoms with E-state index >= 15 is 0 Å². The molecule has 1 aromatic carbocycles. The van der Waals surface area contributed by atoms with Crippen molar-refractivity contribution in [2.45, 2.75) is 31.1 Å². The molecule has 0 radical (unpaired) electrons. The van der Waals surface area contributed by atoms with Crippen LogP contribution in [-0.4, -0.2) is 31.8 Å². The van der Waals surface area contributed by atoms with E-state index in [1.807, 2.05) is 12.1 Å². The Labute approximate surface area is 120 Å². The van der Waals surface area contributed by atoms with Crippen molar-refractivity contribution in [1.82, 2.24) is 5.32 Å². The van der Waals surface area contributed by atoms with Crippen LogP contribution in [0.25, 0.3) is 0 Å². The van der Waals surface area contributed by atoms with E-state index in [1.165, 1.54) is 24.2 Å². The Balaban J connectivity index is 1.98. The molecule has 1 N–H and O–H groups in total. The van der Waals surface area contributed by atoms with Crippen molar-refractivity contribution in [2.75, 3.05) is 26.5 Å². The molecule has 2 atom stereocenters. The van der Waals surface area contributed by atoms with Gasteiger partial charge in [-0.1, -0.05) is 6.07 Å². The lowest BCUT2D eigenvalue weighted by atomic mass is 10.1. The number of ether oxygens (including phenoxy) is 2. The summed E-state index contributed by atoms with van der Waals surface area (Å²) in [5.74, 6) is 3.03. The maximum absolute atomic E-state index is 5.46. The molecule has 0 saturated carbocycles. The van der Waals surface area contributed by atoms with Gasteiger partial charge in [-0.3, -0.25) is 0 Å². The molecule has 1 aliphatic rings. The van der Waals surface area contributed by atoms with Crippen molar-refractivity contribution in [3.8, 4) is 11.5 Å². The van der Waals surface area contributed by atoms with Crippen LogP contribution < -0.4 is 14.8 Å². The molecule has 4 heteroatoms. The van der Waals surface area contributed by atoms with Crippen LogP contribution in [0.2, 0.25) is 0 Å². The van der Waals surface area contributed by atoms with Gasteiger partial charge in [0.05, 0.1) is 14.2 Å². The maximum atomic E-state index is 5.46. The van der Waals surface area contributed by atoms with Crippen molar-refractivity contribution in [2.24, 2.45) is 0 Å². The first-order valence-electron chi connectivity index (χ1n) is 6.81. The summed E-state index contributed by atoms with van der Waals surface area (Å²) in [6, 6.07) is 6.30. The van der Waals surface area contributed by atoms with Crippen molar-refractivity contribution >= 4 is 11.8 Å². The van der Waals surface area contributed by atoms with Crippen LogP contribution in [0.3, 0.4) is 0 Å². The molecule has 1 fully saturated rings. The second-order valence-electron chi connectivity index (χ2n) is 4.87. The predicted octanol–water partition coefficient (Wildman–Crippen LogP) is 3.25. The Kier molecular flexibility index (Phi) is 5.40. The average Bonchev–Trinajstić information content (AvgIpc) is 2.97. The first-order chi connectivity index (χ1) is 9.24. The zero-order chi connectivity index (χ0) is 13.7. The van der Waals surface area contributed by atoms with E-state index in [2.05, 4.69) is 30.1 Å². The monoisotopic (exact) mass is 281 g/mol. The molecule has 1 saturated heterocycles. The summed E-state index contributed by atoms with van der Waals surface area (Å²) in [5, 5.41) is 4.38. The van der Waals surface area contributed by atoms with Crippen molar-refractivity contribution in [3.63, 3.8) is 0 Å². The van der Waals surface area contributed by atoms with Gasteiger partial charge in [-0.15, -0.1) is 0 Å². The third kappa shape index (κ3) is 3.80. The van der Waals surface area contributed by atoms with Crippen molar-refractivity contribution in [1.29, 1.82) is 0 Å². The first kappa shape index (κ1) is 14.5. The lowest BCUT2D eigenvalue weighted by molar-refractivity contribution is 0.386. The van der Waals surface area contributed by atoms with Gasteiger partial charge in [-0.25, -0.2) is 0 Å². The standard InChI is InChI=1S/C15H23NO2S/c1-11(16-10-13-5-4-8-19-13)14-7-6-12(17-2)9-15(14)18-3/h6-7,9,11,13,16H,4-5,8,10H2,1-3H3. The highest BCUT2D eigenvalue weighted by Crippen LogP contribution is 2.30. The van der Waals surface area contributed by atoms with Crippen LogP contribution in [0.5, 0.6) is 11.5 Å². The fraction of sp³-hybridized carbons (Fsp3) is 0.600. The zero-order valence-electron chi connectivity index (χ0n) is 11.9. The Morgan fingerprint density at radius 2 is 2.21 bits per heavy atom. The van der Waals surface area contributed by atoms with E-state index in [0.717, 1.165) is 23.3 Å². The SMILES string of the molecule is COc1ccc(C(C)NCC2CCCS2)c(OC)c1. The fourth-order valence-corrected chi connectivity index (χ4v) is 3.61. The molecule has 0 aromatic heterocycles. The molecule has 0 spiro atoms. The number of hydrogen-bond acceptors (Lipinski definition) is 4. The van der Waals surface area contributed by atoms with Gasteiger partial charge < -0.3 is 14.8 Å². The number of benzene rings is 1. The molecular weight excluding hydrogens is 258 g/mol. The summed E-state index contributed by atoms with van der Waals surface area (Å²) >= 11 is 2.08. The van der Waals surface area contributed by atoms with Crippen molar-refractivity contribution < 1.29 is 9.47 Å². The van der Waals surface area contributed by atoms with Gasteiger partial charge in [0.2, 0.25) is 0 Å². The minimum atomic E-state index is 0.294. The number of nitrogens with one attached hydrogen (secondary N) is 1. The molecule has 2 unspecified atom stereocenters. The Morgan fingerprint density at radius 1 is 1.37 bits per heavy atom. The molecule has 1 heterocycles. The zero-order valence-corrected chi connectivity index (χ0v) is 12.8. The lowest BCUT2D eigenvalue weighted by Gasteiger charge is -2.19. The summed E-state index contributed by atoms with van der Waals surface area (Å²) < 4.78 is 10.7. The van der Waals surface area contributed by atoms with E-state index in [0.29, 0.717) is 6.04 Å². The fourth-order valence-electron chi connectivity index (χ4n) is 2.40. The lowest BCUT2D eigenvalue weighted by Crippen LogP contribution is -2.26. The van der Waals surface area contributed by atoms with E-state index < -0.39 is 0 Å². The Bertz CT molecular complexity index is 405. The van der Waals surface area contributed by atoms with Gasteiger partial charge in [0.1, 0.15) is 11.5 Å². The maximum Gasteiger partial charge on any atom is 0.127 e. The highest BCUT2D eigenvalue weighted by atomic mass is 32.2. The molecule has 0 bridgehead atoms. The smallest absolute Gasteiger partial charge is 0.127 e. The highest BCUT2D eigenvalue weighted by molar-refractivity contribution is 8.00. The minimum Gasteiger partial charge on any atom is -0.497 e. The molecule has 106 valence electrons. The predicted molar refractivity (Wildman–Crippen MR) is 81.4 cm³/mol. The molecule has 1 aromatic rings. The summed E-state index contributed by atoms with van der Waals surface area (Å²) in [6.45, 7) is 3.25. The van der Waals surface area contributed by atoms with Crippen molar-refractivity contribution in [3.05, 3.63) is 23.8 Å². The van der Waals surface area contributed by atoms with Gasteiger partial charge in [0, 0.05) is 29.5 Å². The normalized spacial score (nSPS) is 20.3. The van der Waals surface area contributed by atoms with Gasteiger partial charge in [0.15, 0.2) is 0 Å². The number of rotatable bonds is 6. The van der Waals surface area contributed by atoms with Crippen LogP contribution in [0.15, 0.2) is 18.2 Å². The summed E-state index contributed by atoms with van der Waals surface area (Å²) in [6.07, 6.45) is 2.70. The average molecular weight is 281 g/mol. The van der Waals surface area contributed by atoms with Crippen LogP contribution in [-0.2, 0) is 0 Å². The molecular formula is C15H23NO2S. The quantitative estimate of drug-likeness (QED) is 0.867. The molecule has 2 rings (SSSR count). The Hall–Kier alpha value is -0.870. The van der Waals surface area contributed by atoms with Crippen LogP contribution in [0.1, 0.15) is 31.4 Å². The Morgan fingerprint density at radius 3 is 2.84 bits per heavy atom. The summed E-state index contributed by atoms with van der Waals surface area (Å²) in [7, 11) is 3.38. The largest absolute Gasteiger partial charge is 0.497 e. The second-order valence-corrected chi connectivity index (χ2v) is 6.28. The van der Waals surface area contributed by atoms with Crippen LogP contribution in [0.4, 0.5) is 0 Å². The molecule has 1 aliphatic heterocycles. The minimum absolute atomic E-state index is 0.294. The number of methoxy groups -OCH3 is 2. The highest BCUT2D eigenvalue weighted by Gasteiger charge is 2.18. The van der Waals surface area contributed by atoms with Crippen LogP contribution >= 0.6 is 11.8 Å². The molecule has 3 nitrogen and oxygen atoms in total. The van der Waals surface area contributed by atoms with E-state index in [1.54, 1.807) is 14.2 Å². The first-order valence-corrected chi connectivity index (χ1v) is 7.86. The van der Waals surface area contributed by atoms with E-state index in [-0.39, 0.29) is 0 Å².